The second kappa shape index (κ2) is 15.2. The molecule has 314 valence electrons. The smallest absolute Gasteiger partial charge is 0.178 e. The number of rotatable bonds is 8. The van der Waals surface area contributed by atoms with E-state index in [2.05, 4.69) is 223 Å². The van der Waals surface area contributed by atoms with Gasteiger partial charge in [-0.1, -0.05) is 113 Å². The van der Waals surface area contributed by atoms with Crippen molar-refractivity contribution in [2.24, 2.45) is 0 Å². The first kappa shape index (κ1) is 39.5. The molecule has 11 rings (SSSR count). The molecule has 0 aliphatic heterocycles. The van der Waals surface area contributed by atoms with Gasteiger partial charge in [0.1, 0.15) is 11.2 Å². The van der Waals surface area contributed by atoms with Gasteiger partial charge in [0.05, 0.1) is 11.4 Å². The van der Waals surface area contributed by atoms with Crippen LogP contribution >= 0.6 is 0 Å². The van der Waals surface area contributed by atoms with Crippen molar-refractivity contribution in [1.29, 1.82) is 0 Å². The van der Waals surface area contributed by atoms with Crippen molar-refractivity contribution in [3.8, 4) is 0 Å². The molecule has 0 amide bonds. The summed E-state index contributed by atoms with van der Waals surface area (Å²) in [7, 11) is 0. The largest absolute Gasteiger partial charge is 0.452 e. The Hall–Kier alpha value is -7.30. The molecule has 9 aromatic carbocycles. The van der Waals surface area contributed by atoms with Crippen LogP contribution in [0.25, 0.3) is 65.4 Å². The highest BCUT2D eigenvalue weighted by atomic mass is 16.4. The van der Waals surface area contributed by atoms with E-state index >= 15 is 0 Å². The monoisotopic (exact) mass is 832 g/mol. The highest BCUT2D eigenvalue weighted by Gasteiger charge is 2.25. The zero-order valence-corrected chi connectivity index (χ0v) is 37.9. The standard InChI is InChI=1S/C60H52N2O2/c1-35(2)41-17-21-43(22-18-41)61(45-29-37(5)27-38(6)30-45)53-33-55-57(49-15-11-9-13-47(49)53)51-25-26-52-58-50-16-12-10-14-48(50)54(34-56(58)64-60(52)59(51)63-55)62(46-31-39(7)28-40(8)32-46)44-23-19-42(20-24-44)36(3)4/h9-36H,1-8H3. The van der Waals surface area contributed by atoms with Gasteiger partial charge in [-0.15, -0.1) is 0 Å². The Kier molecular flexibility index (Phi) is 9.39. The molecule has 2 aromatic heterocycles. The molecule has 0 saturated carbocycles. The Balaban J connectivity index is 1.16. The van der Waals surface area contributed by atoms with Crippen LogP contribution in [0.4, 0.5) is 34.1 Å². The lowest BCUT2D eigenvalue weighted by molar-refractivity contribution is 0.633. The lowest BCUT2D eigenvalue weighted by Crippen LogP contribution is -2.11. The normalized spacial score (nSPS) is 12.0. The molecule has 0 atom stereocenters. The molecular formula is C60H52N2O2. The number of nitrogens with zero attached hydrogens (tertiary/aromatic N) is 2. The Morgan fingerprint density at radius 2 is 0.688 bits per heavy atom. The fourth-order valence-electron chi connectivity index (χ4n) is 10.2. The number of aryl methyl sites for hydroxylation is 4. The van der Waals surface area contributed by atoms with Gasteiger partial charge in [-0.25, -0.2) is 0 Å². The number of hydrogen-bond acceptors (Lipinski definition) is 4. The summed E-state index contributed by atoms with van der Waals surface area (Å²) in [6, 6.07) is 58.1. The molecule has 0 saturated heterocycles. The highest BCUT2D eigenvalue weighted by Crippen LogP contribution is 2.49. The lowest BCUT2D eigenvalue weighted by atomic mass is 9.98. The van der Waals surface area contributed by atoms with Crippen LogP contribution < -0.4 is 9.80 Å². The highest BCUT2D eigenvalue weighted by molar-refractivity contribution is 6.29. The van der Waals surface area contributed by atoms with E-state index in [4.69, 9.17) is 8.83 Å². The topological polar surface area (TPSA) is 32.8 Å². The van der Waals surface area contributed by atoms with Crippen molar-refractivity contribution in [3.63, 3.8) is 0 Å². The SMILES string of the molecule is Cc1cc(C)cc(N(c2ccc(C(C)C)cc2)c2cc3oc4c(ccc5c4oc4cc(N(c6ccc(C(C)C)cc6)c6cc(C)cc(C)c6)c6ccccc6c45)c3c3ccccc23)c1. The van der Waals surface area contributed by atoms with Crippen LogP contribution in [-0.2, 0) is 0 Å². The van der Waals surface area contributed by atoms with Gasteiger partial charge in [-0.2, -0.15) is 0 Å². The molecule has 0 unspecified atom stereocenters. The summed E-state index contributed by atoms with van der Waals surface area (Å²) in [5, 5.41) is 8.82. The average molecular weight is 833 g/mol. The van der Waals surface area contributed by atoms with E-state index < -0.39 is 0 Å². The third-order valence-corrected chi connectivity index (χ3v) is 13.1. The van der Waals surface area contributed by atoms with E-state index in [1.807, 2.05) is 0 Å². The van der Waals surface area contributed by atoms with Crippen molar-refractivity contribution >= 4 is 99.5 Å². The Morgan fingerprint density at radius 1 is 0.344 bits per heavy atom. The Bertz CT molecular complexity index is 3330. The van der Waals surface area contributed by atoms with Gasteiger partial charge in [-0.3, -0.25) is 0 Å². The first-order chi connectivity index (χ1) is 31.0. The van der Waals surface area contributed by atoms with Crippen LogP contribution in [0.3, 0.4) is 0 Å². The van der Waals surface area contributed by atoms with Crippen molar-refractivity contribution in [1.82, 2.24) is 0 Å². The van der Waals surface area contributed by atoms with Crippen LogP contribution in [0, 0.1) is 27.7 Å². The second-order valence-corrected chi connectivity index (χ2v) is 18.5. The minimum absolute atomic E-state index is 0.439. The molecule has 0 fully saturated rings. The molecule has 4 nitrogen and oxygen atoms in total. The number of fused-ring (bicyclic) bond motifs is 11. The van der Waals surface area contributed by atoms with E-state index in [-0.39, 0.29) is 0 Å². The molecule has 0 bridgehead atoms. The summed E-state index contributed by atoms with van der Waals surface area (Å²) >= 11 is 0. The van der Waals surface area contributed by atoms with E-state index in [9.17, 15) is 0 Å². The molecular weight excluding hydrogens is 781 g/mol. The summed E-state index contributed by atoms with van der Waals surface area (Å²) in [4.78, 5) is 4.78. The lowest BCUT2D eigenvalue weighted by Gasteiger charge is -2.28. The second-order valence-electron chi connectivity index (χ2n) is 18.5. The quantitative estimate of drug-likeness (QED) is 0.153. The summed E-state index contributed by atoms with van der Waals surface area (Å²) in [6.07, 6.45) is 0. The molecule has 11 aromatic rings. The van der Waals surface area contributed by atoms with Gasteiger partial charge < -0.3 is 18.6 Å². The van der Waals surface area contributed by atoms with Crippen molar-refractivity contribution in [3.05, 3.63) is 191 Å². The van der Waals surface area contributed by atoms with E-state index in [1.165, 1.54) is 33.4 Å². The summed E-state index contributed by atoms with van der Waals surface area (Å²) in [5.41, 5.74) is 17.2. The molecule has 0 aliphatic carbocycles. The minimum atomic E-state index is 0.439. The number of furan rings is 2. The predicted molar refractivity (Wildman–Crippen MR) is 273 cm³/mol. The molecule has 0 aliphatic rings. The maximum absolute atomic E-state index is 7.12. The predicted octanol–water partition coefficient (Wildman–Crippen LogP) is 18.2. The summed E-state index contributed by atoms with van der Waals surface area (Å²) < 4.78 is 14.2. The summed E-state index contributed by atoms with van der Waals surface area (Å²) in [5.74, 6) is 0.879. The van der Waals surface area contributed by atoms with Gasteiger partial charge in [-0.05, 0) is 144 Å². The van der Waals surface area contributed by atoms with Crippen LogP contribution in [0.5, 0.6) is 0 Å². The fourth-order valence-corrected chi connectivity index (χ4v) is 10.2. The van der Waals surface area contributed by atoms with Crippen molar-refractivity contribution < 1.29 is 8.83 Å². The van der Waals surface area contributed by atoms with Crippen molar-refractivity contribution in [2.45, 2.75) is 67.2 Å². The molecule has 0 spiro atoms. The maximum Gasteiger partial charge on any atom is 0.178 e. The summed E-state index contributed by atoms with van der Waals surface area (Å²) in [6.45, 7) is 17.7. The van der Waals surface area contributed by atoms with E-state index in [0.29, 0.717) is 11.8 Å². The van der Waals surface area contributed by atoms with Crippen LogP contribution in [-0.4, -0.2) is 0 Å². The number of anilines is 6. The van der Waals surface area contributed by atoms with Crippen LogP contribution in [0.1, 0.15) is 72.9 Å². The van der Waals surface area contributed by atoms with E-state index in [0.717, 1.165) is 99.5 Å². The molecule has 2 heterocycles. The zero-order valence-electron chi connectivity index (χ0n) is 37.9. The number of hydrogen-bond donors (Lipinski definition) is 0. The van der Waals surface area contributed by atoms with Gasteiger partial charge in [0.2, 0.25) is 0 Å². The molecule has 4 heteroatoms. The molecule has 64 heavy (non-hydrogen) atoms. The third kappa shape index (κ3) is 6.51. The van der Waals surface area contributed by atoms with Gasteiger partial charge in [0, 0.05) is 67.2 Å². The van der Waals surface area contributed by atoms with E-state index in [1.54, 1.807) is 0 Å². The number of benzene rings is 9. The first-order valence-electron chi connectivity index (χ1n) is 22.6. The fraction of sp³-hybridized carbons (Fsp3) is 0.167. The minimum Gasteiger partial charge on any atom is -0.452 e. The van der Waals surface area contributed by atoms with Crippen LogP contribution in [0.2, 0.25) is 0 Å². The third-order valence-electron chi connectivity index (χ3n) is 13.1. The first-order valence-corrected chi connectivity index (χ1v) is 22.6. The molecule has 0 N–H and O–H groups in total. The average Bonchev–Trinajstić information content (AvgIpc) is 3.85. The van der Waals surface area contributed by atoms with Crippen LogP contribution in [0.15, 0.2) is 167 Å². The Morgan fingerprint density at radius 3 is 1.03 bits per heavy atom. The zero-order chi connectivity index (χ0) is 44.0. The van der Waals surface area contributed by atoms with Gasteiger partial charge in [0.25, 0.3) is 0 Å². The Labute approximate surface area is 375 Å². The van der Waals surface area contributed by atoms with Gasteiger partial charge >= 0.3 is 0 Å². The molecule has 0 radical (unpaired) electrons. The maximum atomic E-state index is 7.12. The van der Waals surface area contributed by atoms with Gasteiger partial charge in [0.15, 0.2) is 11.2 Å². The van der Waals surface area contributed by atoms with Crippen molar-refractivity contribution in [2.75, 3.05) is 9.80 Å².